The number of rotatable bonds is 5. The van der Waals surface area contributed by atoms with Crippen LogP contribution in [0.1, 0.15) is 15.9 Å². The van der Waals surface area contributed by atoms with Gasteiger partial charge in [-0.2, -0.15) is 0 Å². The lowest BCUT2D eigenvalue weighted by Crippen LogP contribution is -2.12. The smallest absolute Gasteiger partial charge is 0.255 e. The number of aromatic nitrogens is 3. The molecule has 3 N–H and O–H groups in total. The van der Waals surface area contributed by atoms with Crippen molar-refractivity contribution in [2.45, 2.75) is 6.92 Å². The Balaban J connectivity index is 1.41. The van der Waals surface area contributed by atoms with Crippen LogP contribution < -0.4 is 10.6 Å². The molecule has 0 saturated heterocycles. The molecule has 2 aromatic heterocycles. The van der Waals surface area contributed by atoms with Crippen LogP contribution in [-0.4, -0.2) is 20.9 Å². The quantitative estimate of drug-likeness (QED) is 0.330. The van der Waals surface area contributed by atoms with Crippen LogP contribution in [0.25, 0.3) is 22.2 Å². The lowest BCUT2D eigenvalue weighted by atomic mass is 10.1. The van der Waals surface area contributed by atoms with Gasteiger partial charge in [-0.25, -0.2) is 9.97 Å². The number of hydrogen-bond donors (Lipinski definition) is 3. The molecule has 0 aliphatic carbocycles. The van der Waals surface area contributed by atoms with Crippen LogP contribution in [0.5, 0.6) is 0 Å². The van der Waals surface area contributed by atoms with E-state index in [1.165, 1.54) is 0 Å². The fourth-order valence-corrected chi connectivity index (χ4v) is 3.60. The Morgan fingerprint density at radius 1 is 0.938 bits per heavy atom. The van der Waals surface area contributed by atoms with Crippen molar-refractivity contribution in [2.75, 3.05) is 10.6 Å². The van der Waals surface area contributed by atoms with E-state index in [1.54, 1.807) is 6.20 Å². The zero-order valence-corrected chi connectivity index (χ0v) is 17.5. The van der Waals surface area contributed by atoms with E-state index in [-0.39, 0.29) is 5.91 Å². The summed E-state index contributed by atoms with van der Waals surface area (Å²) in [6, 6.07) is 24.9. The highest BCUT2D eigenvalue weighted by atomic mass is 16.1. The predicted molar refractivity (Wildman–Crippen MR) is 128 cm³/mol. The highest BCUT2D eigenvalue weighted by Gasteiger charge is 2.11. The molecule has 0 radical (unpaired) electrons. The Hall–Kier alpha value is -4.45. The third-order valence-corrected chi connectivity index (χ3v) is 5.30. The van der Waals surface area contributed by atoms with E-state index in [0.29, 0.717) is 11.5 Å². The van der Waals surface area contributed by atoms with E-state index < -0.39 is 0 Å². The Bertz CT molecular complexity index is 1410. The van der Waals surface area contributed by atoms with Crippen molar-refractivity contribution < 1.29 is 4.79 Å². The Kier molecular flexibility index (Phi) is 5.09. The van der Waals surface area contributed by atoms with Gasteiger partial charge in [-0.05, 0) is 48.9 Å². The molecule has 5 rings (SSSR count). The van der Waals surface area contributed by atoms with Crippen LogP contribution in [0.15, 0.2) is 91.3 Å². The number of nitrogens with one attached hydrogen (secondary N) is 3. The zero-order chi connectivity index (χ0) is 21.9. The second kappa shape index (κ2) is 8.35. The molecular formula is C26H21N5O. The minimum atomic E-state index is -0.173. The van der Waals surface area contributed by atoms with E-state index in [4.69, 9.17) is 4.98 Å². The molecule has 0 fully saturated rings. The molecule has 0 unspecified atom stereocenters. The van der Waals surface area contributed by atoms with Crippen LogP contribution in [0.3, 0.4) is 0 Å². The lowest BCUT2D eigenvalue weighted by molar-refractivity contribution is 0.102. The van der Waals surface area contributed by atoms with Gasteiger partial charge in [0.25, 0.3) is 5.91 Å². The average molecular weight is 419 g/mol. The first kappa shape index (κ1) is 19.5. The first-order valence-corrected chi connectivity index (χ1v) is 10.3. The molecule has 2 heterocycles. The van der Waals surface area contributed by atoms with Gasteiger partial charge in [0.05, 0.1) is 5.69 Å². The number of carbonyl (C=O) groups is 1. The van der Waals surface area contributed by atoms with Crippen LogP contribution in [-0.2, 0) is 0 Å². The van der Waals surface area contributed by atoms with Crippen LogP contribution in [0.4, 0.5) is 17.3 Å². The van der Waals surface area contributed by atoms with Gasteiger partial charge < -0.3 is 15.6 Å². The third kappa shape index (κ3) is 3.94. The zero-order valence-electron chi connectivity index (χ0n) is 17.5. The molecule has 3 aromatic carbocycles. The molecular weight excluding hydrogens is 398 g/mol. The first-order chi connectivity index (χ1) is 15.7. The van der Waals surface area contributed by atoms with Gasteiger partial charge in [0.15, 0.2) is 0 Å². The maximum atomic E-state index is 12.7. The fraction of sp³-hybridized carbons (Fsp3) is 0.0385. The largest absolute Gasteiger partial charge is 0.360 e. The summed E-state index contributed by atoms with van der Waals surface area (Å²) in [5.41, 5.74) is 5.96. The monoisotopic (exact) mass is 419 g/mol. The van der Waals surface area contributed by atoms with Crippen LogP contribution in [0, 0.1) is 6.92 Å². The molecule has 5 aromatic rings. The lowest BCUT2D eigenvalue weighted by Gasteiger charge is -2.11. The van der Waals surface area contributed by atoms with Gasteiger partial charge in [-0.15, -0.1) is 0 Å². The summed E-state index contributed by atoms with van der Waals surface area (Å²) in [7, 11) is 0. The van der Waals surface area contributed by atoms with Gasteiger partial charge in [-0.1, -0.05) is 42.5 Å². The maximum Gasteiger partial charge on any atom is 0.255 e. The van der Waals surface area contributed by atoms with E-state index in [2.05, 4.69) is 26.7 Å². The van der Waals surface area contributed by atoms with Crippen molar-refractivity contribution in [2.24, 2.45) is 0 Å². The first-order valence-electron chi connectivity index (χ1n) is 10.3. The molecule has 0 bridgehead atoms. The minimum absolute atomic E-state index is 0.173. The maximum absolute atomic E-state index is 12.7. The molecule has 1 amide bonds. The number of benzene rings is 3. The number of hydrogen-bond acceptors (Lipinski definition) is 4. The number of para-hydroxylation sites is 2. The number of nitrogens with zero attached hydrogens (tertiary/aromatic N) is 2. The standard InChI is InChI=1S/C26H21N5O/c1-17-11-12-18(25(32)29-19-7-3-2-4-8-19)15-24(17)31-26-27-14-13-23(30-26)21-16-28-22-10-6-5-9-20(21)22/h2-16,28H,1H3,(H,29,32)(H,27,30,31). The van der Waals surface area contributed by atoms with Crippen molar-refractivity contribution in [3.63, 3.8) is 0 Å². The highest BCUT2D eigenvalue weighted by molar-refractivity contribution is 6.05. The Morgan fingerprint density at radius 2 is 1.75 bits per heavy atom. The normalized spacial score (nSPS) is 10.8. The van der Waals surface area contributed by atoms with Gasteiger partial charge >= 0.3 is 0 Å². The Labute approximate surface area is 185 Å². The number of fused-ring (bicyclic) bond motifs is 1. The molecule has 0 saturated carbocycles. The van der Waals surface area contributed by atoms with Crippen molar-refractivity contribution in [1.29, 1.82) is 0 Å². The van der Waals surface area contributed by atoms with Crippen molar-refractivity contribution in [3.8, 4) is 11.3 Å². The van der Waals surface area contributed by atoms with E-state index in [1.807, 2.05) is 85.9 Å². The number of carbonyl (C=O) groups excluding carboxylic acids is 1. The molecule has 6 heteroatoms. The number of H-pyrrole nitrogens is 1. The molecule has 0 aliphatic rings. The van der Waals surface area contributed by atoms with Crippen molar-refractivity contribution in [3.05, 3.63) is 102 Å². The summed E-state index contributed by atoms with van der Waals surface area (Å²) in [6.45, 7) is 1.98. The average Bonchev–Trinajstić information content (AvgIpc) is 3.26. The van der Waals surface area contributed by atoms with Crippen molar-refractivity contribution >= 4 is 34.1 Å². The molecule has 32 heavy (non-hydrogen) atoms. The number of amides is 1. The summed E-state index contributed by atoms with van der Waals surface area (Å²) in [5.74, 6) is 0.296. The third-order valence-electron chi connectivity index (χ3n) is 5.30. The van der Waals surface area contributed by atoms with Gasteiger partial charge in [-0.3, -0.25) is 4.79 Å². The van der Waals surface area contributed by atoms with Crippen LogP contribution >= 0.6 is 0 Å². The predicted octanol–water partition coefficient (Wildman–Crippen LogP) is 5.93. The Morgan fingerprint density at radius 3 is 2.62 bits per heavy atom. The van der Waals surface area contributed by atoms with Gasteiger partial charge in [0.2, 0.25) is 5.95 Å². The number of aromatic amines is 1. The highest BCUT2D eigenvalue weighted by Crippen LogP contribution is 2.28. The topological polar surface area (TPSA) is 82.7 Å². The molecule has 6 nitrogen and oxygen atoms in total. The summed E-state index contributed by atoms with van der Waals surface area (Å²) < 4.78 is 0. The van der Waals surface area contributed by atoms with Crippen molar-refractivity contribution in [1.82, 2.24) is 15.0 Å². The van der Waals surface area contributed by atoms with E-state index in [9.17, 15) is 4.79 Å². The molecule has 0 atom stereocenters. The second-order valence-electron chi connectivity index (χ2n) is 7.49. The van der Waals surface area contributed by atoms with Gasteiger partial charge in [0.1, 0.15) is 0 Å². The SMILES string of the molecule is Cc1ccc(C(=O)Nc2ccccc2)cc1Nc1nccc(-c2c[nH]c3ccccc23)n1. The van der Waals surface area contributed by atoms with Gasteiger partial charge in [0, 0.05) is 45.8 Å². The molecule has 0 spiro atoms. The minimum Gasteiger partial charge on any atom is -0.360 e. The van der Waals surface area contributed by atoms with Crippen LogP contribution in [0.2, 0.25) is 0 Å². The molecule has 156 valence electrons. The van der Waals surface area contributed by atoms with E-state index in [0.717, 1.165) is 39.1 Å². The number of anilines is 3. The summed E-state index contributed by atoms with van der Waals surface area (Å²) >= 11 is 0. The second-order valence-corrected chi connectivity index (χ2v) is 7.49. The summed E-state index contributed by atoms with van der Waals surface area (Å²) in [5, 5.41) is 7.29. The number of aryl methyl sites for hydroxylation is 1. The molecule has 0 aliphatic heterocycles. The fourth-order valence-electron chi connectivity index (χ4n) is 3.60. The summed E-state index contributed by atoms with van der Waals surface area (Å²) in [4.78, 5) is 25.0. The summed E-state index contributed by atoms with van der Waals surface area (Å²) in [6.07, 6.45) is 3.68. The van der Waals surface area contributed by atoms with E-state index >= 15 is 0 Å².